The lowest BCUT2D eigenvalue weighted by atomic mass is 10.0. The van der Waals surface area contributed by atoms with Gasteiger partial charge < -0.3 is 10.1 Å². The van der Waals surface area contributed by atoms with Crippen LogP contribution in [0.1, 0.15) is 21.5 Å². The molecule has 0 aliphatic heterocycles. The number of amides is 1. The van der Waals surface area contributed by atoms with Gasteiger partial charge in [-0.25, -0.2) is 0 Å². The molecule has 0 aliphatic rings. The van der Waals surface area contributed by atoms with Gasteiger partial charge in [0.2, 0.25) is 0 Å². The van der Waals surface area contributed by atoms with Gasteiger partial charge in [-0.1, -0.05) is 60.2 Å². The van der Waals surface area contributed by atoms with E-state index in [2.05, 4.69) is 5.32 Å². The normalized spacial score (nSPS) is 10.4. The fourth-order valence-corrected chi connectivity index (χ4v) is 2.62. The van der Waals surface area contributed by atoms with Crippen molar-refractivity contribution in [3.63, 3.8) is 0 Å². The molecule has 0 fully saturated rings. The highest BCUT2D eigenvalue weighted by Crippen LogP contribution is 2.26. The highest BCUT2D eigenvalue weighted by atomic mass is 16.5. The number of carbonyl (C=O) groups excluding carboxylic acids is 2. The van der Waals surface area contributed by atoms with E-state index in [4.69, 9.17) is 4.74 Å². The minimum absolute atomic E-state index is 0.134. The molecule has 3 aromatic rings. The van der Waals surface area contributed by atoms with Gasteiger partial charge in [-0.3, -0.25) is 9.59 Å². The Morgan fingerprint density at radius 3 is 2.56 bits per heavy atom. The van der Waals surface area contributed by atoms with Gasteiger partial charge in [0.25, 0.3) is 5.91 Å². The number of hydrogen-bond donors (Lipinski definition) is 1. The van der Waals surface area contributed by atoms with E-state index in [0.29, 0.717) is 17.9 Å². The largest absolute Gasteiger partial charge is 0.483 e. The molecule has 0 radical (unpaired) electrons. The van der Waals surface area contributed by atoms with Crippen molar-refractivity contribution in [1.82, 2.24) is 5.32 Å². The lowest BCUT2D eigenvalue weighted by Gasteiger charge is -2.11. The fraction of sp³-hybridized carbons (Fsp3) is 0.143. The van der Waals surface area contributed by atoms with Crippen molar-refractivity contribution in [2.24, 2.45) is 0 Å². The van der Waals surface area contributed by atoms with Crippen molar-refractivity contribution in [2.75, 3.05) is 6.61 Å². The molecule has 1 N–H and O–H groups in total. The molecule has 3 rings (SSSR count). The Morgan fingerprint density at radius 1 is 1.04 bits per heavy atom. The monoisotopic (exact) mass is 333 g/mol. The SMILES string of the molecule is Cc1ccc(CNC(=O)COc2ccc3ccccc3c2C=O)cc1. The van der Waals surface area contributed by atoms with E-state index in [1.54, 1.807) is 6.07 Å². The van der Waals surface area contributed by atoms with E-state index >= 15 is 0 Å². The Kier molecular flexibility index (Phi) is 5.09. The Bertz CT molecular complexity index is 901. The molecule has 25 heavy (non-hydrogen) atoms. The first-order chi connectivity index (χ1) is 12.2. The van der Waals surface area contributed by atoms with E-state index < -0.39 is 0 Å². The van der Waals surface area contributed by atoms with E-state index in [0.717, 1.165) is 22.6 Å². The first kappa shape index (κ1) is 16.7. The molecule has 0 atom stereocenters. The number of hydrogen-bond acceptors (Lipinski definition) is 3. The van der Waals surface area contributed by atoms with Crippen molar-refractivity contribution >= 4 is 23.0 Å². The van der Waals surface area contributed by atoms with Gasteiger partial charge in [0.05, 0.1) is 5.56 Å². The third-order valence-electron chi connectivity index (χ3n) is 4.02. The average molecular weight is 333 g/mol. The van der Waals surface area contributed by atoms with Crippen LogP contribution in [-0.2, 0) is 11.3 Å². The number of nitrogens with one attached hydrogen (secondary N) is 1. The number of carbonyl (C=O) groups is 2. The second-order valence-electron chi connectivity index (χ2n) is 5.87. The molecule has 0 unspecified atom stereocenters. The van der Waals surface area contributed by atoms with Gasteiger partial charge in [0.1, 0.15) is 5.75 Å². The molecule has 0 heterocycles. The predicted octanol–water partition coefficient (Wildman–Crippen LogP) is 3.66. The summed E-state index contributed by atoms with van der Waals surface area (Å²) in [5, 5.41) is 4.58. The summed E-state index contributed by atoms with van der Waals surface area (Å²) in [6.45, 7) is 2.33. The van der Waals surface area contributed by atoms with E-state index in [1.807, 2.05) is 61.5 Å². The smallest absolute Gasteiger partial charge is 0.258 e. The second-order valence-corrected chi connectivity index (χ2v) is 5.87. The van der Waals surface area contributed by atoms with Gasteiger partial charge in [0.15, 0.2) is 12.9 Å². The van der Waals surface area contributed by atoms with Crippen LogP contribution in [0.25, 0.3) is 10.8 Å². The summed E-state index contributed by atoms with van der Waals surface area (Å²) in [5.41, 5.74) is 2.67. The summed E-state index contributed by atoms with van der Waals surface area (Å²) in [7, 11) is 0. The zero-order valence-electron chi connectivity index (χ0n) is 14.0. The summed E-state index contributed by atoms with van der Waals surface area (Å²) in [6.07, 6.45) is 0.766. The third-order valence-corrected chi connectivity index (χ3v) is 4.02. The maximum Gasteiger partial charge on any atom is 0.258 e. The van der Waals surface area contributed by atoms with Crippen LogP contribution < -0.4 is 10.1 Å². The molecule has 0 aliphatic carbocycles. The molecule has 4 heteroatoms. The van der Waals surface area contributed by atoms with Crippen LogP contribution in [0, 0.1) is 6.92 Å². The topological polar surface area (TPSA) is 55.4 Å². The summed E-state index contributed by atoms with van der Waals surface area (Å²) in [4.78, 5) is 23.4. The summed E-state index contributed by atoms with van der Waals surface area (Å²) in [5.74, 6) is 0.185. The first-order valence-corrected chi connectivity index (χ1v) is 8.09. The Labute approximate surface area is 146 Å². The van der Waals surface area contributed by atoms with Gasteiger partial charge in [-0.15, -0.1) is 0 Å². The van der Waals surface area contributed by atoms with E-state index in [-0.39, 0.29) is 12.5 Å². The van der Waals surface area contributed by atoms with Crippen molar-refractivity contribution < 1.29 is 14.3 Å². The molecule has 0 bridgehead atoms. The van der Waals surface area contributed by atoms with Crippen LogP contribution in [0.2, 0.25) is 0 Å². The van der Waals surface area contributed by atoms with Gasteiger partial charge in [0, 0.05) is 6.54 Å². The van der Waals surface area contributed by atoms with Crippen molar-refractivity contribution in [1.29, 1.82) is 0 Å². The van der Waals surface area contributed by atoms with Gasteiger partial charge in [-0.05, 0) is 29.3 Å². The number of fused-ring (bicyclic) bond motifs is 1. The molecule has 0 saturated heterocycles. The average Bonchev–Trinajstić information content (AvgIpc) is 2.65. The van der Waals surface area contributed by atoms with Crippen LogP contribution in [0.3, 0.4) is 0 Å². The van der Waals surface area contributed by atoms with Crippen LogP contribution in [-0.4, -0.2) is 18.8 Å². The van der Waals surface area contributed by atoms with Crippen molar-refractivity contribution in [3.8, 4) is 5.75 Å². The van der Waals surface area contributed by atoms with Gasteiger partial charge >= 0.3 is 0 Å². The minimum Gasteiger partial charge on any atom is -0.483 e. The number of aldehydes is 1. The van der Waals surface area contributed by atoms with Crippen molar-refractivity contribution in [3.05, 3.63) is 77.4 Å². The Balaban J connectivity index is 1.63. The van der Waals surface area contributed by atoms with E-state index in [9.17, 15) is 9.59 Å². The first-order valence-electron chi connectivity index (χ1n) is 8.09. The molecule has 0 saturated carbocycles. The molecule has 126 valence electrons. The fourth-order valence-electron chi connectivity index (χ4n) is 2.62. The van der Waals surface area contributed by atoms with Crippen LogP contribution in [0.4, 0.5) is 0 Å². The standard InChI is InChI=1S/C21H19NO3/c1-15-6-8-16(9-7-15)12-22-21(24)14-25-20-11-10-17-4-2-3-5-18(17)19(20)13-23/h2-11,13H,12,14H2,1H3,(H,22,24). The zero-order chi connectivity index (χ0) is 17.6. The second kappa shape index (κ2) is 7.62. The van der Waals surface area contributed by atoms with E-state index in [1.165, 1.54) is 5.56 Å². The molecule has 4 nitrogen and oxygen atoms in total. The minimum atomic E-state index is -0.231. The number of ether oxygens (including phenoxy) is 1. The summed E-state index contributed by atoms with van der Waals surface area (Å²) >= 11 is 0. The number of rotatable bonds is 6. The van der Waals surface area contributed by atoms with Gasteiger partial charge in [-0.2, -0.15) is 0 Å². The van der Waals surface area contributed by atoms with Crippen molar-refractivity contribution in [2.45, 2.75) is 13.5 Å². The lowest BCUT2D eigenvalue weighted by Crippen LogP contribution is -2.28. The maximum absolute atomic E-state index is 12.0. The lowest BCUT2D eigenvalue weighted by molar-refractivity contribution is -0.123. The highest BCUT2D eigenvalue weighted by Gasteiger charge is 2.10. The summed E-state index contributed by atoms with van der Waals surface area (Å²) in [6, 6.07) is 19.1. The predicted molar refractivity (Wildman–Crippen MR) is 97.9 cm³/mol. The number of aryl methyl sites for hydroxylation is 1. The zero-order valence-corrected chi connectivity index (χ0v) is 14.0. The Morgan fingerprint density at radius 2 is 1.80 bits per heavy atom. The highest BCUT2D eigenvalue weighted by molar-refractivity contribution is 6.00. The molecular formula is C21H19NO3. The molecular weight excluding hydrogens is 314 g/mol. The molecule has 0 aromatic heterocycles. The third kappa shape index (κ3) is 4.04. The summed E-state index contributed by atoms with van der Waals surface area (Å²) < 4.78 is 5.56. The molecule has 3 aromatic carbocycles. The number of benzene rings is 3. The Hall–Kier alpha value is -3.14. The van der Waals surface area contributed by atoms with Crippen LogP contribution >= 0.6 is 0 Å². The molecule has 1 amide bonds. The molecule has 0 spiro atoms. The van der Waals surface area contributed by atoms with Crippen LogP contribution in [0.5, 0.6) is 5.75 Å². The maximum atomic E-state index is 12.0. The quantitative estimate of drug-likeness (QED) is 0.701. The van der Waals surface area contributed by atoms with Crippen LogP contribution in [0.15, 0.2) is 60.7 Å².